The monoisotopic (exact) mass is 413 g/mol. The quantitative estimate of drug-likeness (QED) is 0.504. The number of methoxy groups -OCH3 is 1. The van der Waals surface area contributed by atoms with Gasteiger partial charge in [-0.2, -0.15) is 0 Å². The van der Waals surface area contributed by atoms with Crippen LogP contribution in [0.15, 0.2) is 36.4 Å². The second-order valence-electron chi connectivity index (χ2n) is 8.04. The standard InChI is InChI=1S/C24H31NO5/c1-7-25(8-2)20-12-9-16(13-19(20)24(3,4)5)22(27)15-30-17-10-11-18(21(26)14-17)23(28)29-6/h9-14,26H,7-8,15H2,1-6H3. The molecule has 0 amide bonds. The van der Waals surface area contributed by atoms with Gasteiger partial charge in [0.15, 0.2) is 12.4 Å². The average Bonchev–Trinajstić information content (AvgIpc) is 2.71. The van der Waals surface area contributed by atoms with Crippen LogP contribution >= 0.6 is 0 Å². The Bertz CT molecular complexity index is 910. The average molecular weight is 414 g/mol. The zero-order valence-corrected chi connectivity index (χ0v) is 18.6. The minimum Gasteiger partial charge on any atom is -0.507 e. The van der Waals surface area contributed by atoms with Gasteiger partial charge in [-0.1, -0.05) is 20.8 Å². The van der Waals surface area contributed by atoms with Gasteiger partial charge in [-0.15, -0.1) is 0 Å². The first-order chi connectivity index (χ1) is 14.1. The van der Waals surface area contributed by atoms with E-state index in [1.54, 1.807) is 0 Å². The van der Waals surface area contributed by atoms with Gasteiger partial charge in [-0.05, 0) is 55.2 Å². The predicted molar refractivity (Wildman–Crippen MR) is 118 cm³/mol. The third-order valence-corrected chi connectivity index (χ3v) is 4.98. The van der Waals surface area contributed by atoms with Gasteiger partial charge in [0.2, 0.25) is 0 Å². The van der Waals surface area contributed by atoms with Crippen LogP contribution in [-0.2, 0) is 10.2 Å². The second kappa shape index (κ2) is 9.65. The fraction of sp³-hybridized carbons (Fsp3) is 0.417. The van der Waals surface area contributed by atoms with Gasteiger partial charge in [0.1, 0.15) is 17.1 Å². The summed E-state index contributed by atoms with van der Waals surface area (Å²) < 4.78 is 10.1. The summed E-state index contributed by atoms with van der Waals surface area (Å²) in [6.07, 6.45) is 0. The first-order valence-electron chi connectivity index (χ1n) is 10.1. The van der Waals surface area contributed by atoms with E-state index in [2.05, 4.69) is 44.3 Å². The minimum absolute atomic E-state index is 0.0398. The van der Waals surface area contributed by atoms with Crippen LogP contribution in [-0.4, -0.2) is 43.7 Å². The molecule has 6 heteroatoms. The molecule has 6 nitrogen and oxygen atoms in total. The predicted octanol–water partition coefficient (Wildman–Crippen LogP) is 4.58. The Labute approximate surface area is 178 Å². The lowest BCUT2D eigenvalue weighted by molar-refractivity contribution is 0.0597. The number of nitrogens with zero attached hydrogens (tertiary/aromatic N) is 1. The highest BCUT2D eigenvalue weighted by Gasteiger charge is 2.22. The molecular weight excluding hydrogens is 382 g/mol. The zero-order valence-electron chi connectivity index (χ0n) is 18.6. The minimum atomic E-state index is -0.641. The molecule has 0 fully saturated rings. The van der Waals surface area contributed by atoms with Crippen LogP contribution in [0.4, 0.5) is 5.69 Å². The number of ketones is 1. The molecule has 0 aliphatic rings. The Kier molecular flexibility index (Phi) is 7.48. The molecule has 0 unspecified atom stereocenters. The van der Waals surface area contributed by atoms with Crippen LogP contribution in [0.2, 0.25) is 0 Å². The number of esters is 1. The molecule has 30 heavy (non-hydrogen) atoms. The molecule has 1 N–H and O–H groups in total. The summed E-state index contributed by atoms with van der Waals surface area (Å²) in [5.74, 6) is -0.768. The van der Waals surface area contributed by atoms with Crippen molar-refractivity contribution in [1.82, 2.24) is 0 Å². The topological polar surface area (TPSA) is 76.1 Å². The van der Waals surface area contributed by atoms with Gasteiger partial charge >= 0.3 is 5.97 Å². The number of benzene rings is 2. The first-order valence-corrected chi connectivity index (χ1v) is 10.1. The van der Waals surface area contributed by atoms with Crippen molar-refractivity contribution in [3.05, 3.63) is 53.1 Å². The molecule has 0 heterocycles. The van der Waals surface area contributed by atoms with Gasteiger partial charge in [0.25, 0.3) is 0 Å². The number of anilines is 1. The van der Waals surface area contributed by atoms with Crippen LogP contribution in [0.1, 0.15) is 60.9 Å². The molecule has 2 aromatic rings. The maximum absolute atomic E-state index is 12.7. The summed E-state index contributed by atoms with van der Waals surface area (Å²) in [6.45, 7) is 12.2. The van der Waals surface area contributed by atoms with E-state index in [0.29, 0.717) is 11.3 Å². The van der Waals surface area contributed by atoms with Gasteiger partial charge in [0, 0.05) is 30.4 Å². The smallest absolute Gasteiger partial charge is 0.341 e. The number of rotatable bonds is 8. The molecule has 0 saturated heterocycles. The summed E-state index contributed by atoms with van der Waals surface area (Å²) in [7, 11) is 1.24. The van der Waals surface area contributed by atoms with Crippen LogP contribution < -0.4 is 9.64 Å². The molecule has 0 atom stereocenters. The lowest BCUT2D eigenvalue weighted by Gasteiger charge is -2.30. The Morgan fingerprint density at radius 1 is 1.03 bits per heavy atom. The number of hydrogen-bond donors (Lipinski definition) is 1. The lowest BCUT2D eigenvalue weighted by Crippen LogP contribution is -2.26. The Morgan fingerprint density at radius 2 is 1.70 bits per heavy atom. The fourth-order valence-electron chi connectivity index (χ4n) is 3.27. The molecular formula is C24H31NO5. The molecule has 162 valence electrons. The summed E-state index contributed by atoms with van der Waals surface area (Å²) in [4.78, 5) is 26.6. The Hall–Kier alpha value is -3.02. The van der Waals surface area contributed by atoms with Gasteiger partial charge < -0.3 is 19.5 Å². The first kappa shape index (κ1) is 23.3. The molecule has 0 aromatic heterocycles. The van der Waals surface area contributed by atoms with Crippen molar-refractivity contribution in [1.29, 1.82) is 0 Å². The molecule has 0 saturated carbocycles. The van der Waals surface area contributed by atoms with Crippen molar-refractivity contribution in [3.8, 4) is 11.5 Å². The van der Waals surface area contributed by atoms with Gasteiger partial charge in [-0.3, -0.25) is 4.79 Å². The van der Waals surface area contributed by atoms with E-state index < -0.39 is 5.97 Å². The normalized spacial score (nSPS) is 11.1. The number of hydrogen-bond acceptors (Lipinski definition) is 6. The molecule has 0 aliphatic heterocycles. The lowest BCUT2D eigenvalue weighted by atomic mass is 9.84. The largest absolute Gasteiger partial charge is 0.507 e. The van der Waals surface area contributed by atoms with E-state index >= 15 is 0 Å². The summed E-state index contributed by atoms with van der Waals surface area (Å²) >= 11 is 0. The molecule has 2 aromatic carbocycles. The van der Waals surface area contributed by atoms with Gasteiger partial charge in [0.05, 0.1) is 7.11 Å². The SMILES string of the molecule is CCN(CC)c1ccc(C(=O)COc2ccc(C(=O)OC)c(O)c2)cc1C(C)(C)C. The van der Waals surface area contributed by atoms with Crippen LogP contribution in [0.3, 0.4) is 0 Å². The number of aromatic hydroxyl groups is 1. The van der Waals surface area contributed by atoms with Crippen LogP contribution in [0.5, 0.6) is 11.5 Å². The van der Waals surface area contributed by atoms with Crippen molar-refractivity contribution in [3.63, 3.8) is 0 Å². The van der Waals surface area contributed by atoms with E-state index in [9.17, 15) is 14.7 Å². The van der Waals surface area contributed by atoms with Crippen molar-refractivity contribution in [2.75, 3.05) is 31.7 Å². The number of carbonyl (C=O) groups is 2. The molecule has 0 bridgehead atoms. The molecule has 2 rings (SSSR count). The van der Waals surface area contributed by atoms with Crippen molar-refractivity contribution >= 4 is 17.4 Å². The molecule has 0 spiro atoms. The Balaban J connectivity index is 2.21. The number of ether oxygens (including phenoxy) is 2. The highest BCUT2D eigenvalue weighted by molar-refractivity contribution is 5.98. The number of carbonyl (C=O) groups excluding carboxylic acids is 2. The number of phenolic OH excluding ortho intramolecular Hbond substituents is 1. The third kappa shape index (κ3) is 5.32. The van der Waals surface area contributed by atoms with E-state index in [-0.39, 0.29) is 29.1 Å². The third-order valence-electron chi connectivity index (χ3n) is 4.98. The maximum Gasteiger partial charge on any atom is 0.341 e. The number of phenols is 1. The Morgan fingerprint density at radius 3 is 2.23 bits per heavy atom. The van der Waals surface area contributed by atoms with E-state index in [1.807, 2.05) is 18.2 Å². The van der Waals surface area contributed by atoms with Crippen molar-refractivity contribution in [2.24, 2.45) is 0 Å². The second-order valence-corrected chi connectivity index (χ2v) is 8.04. The summed E-state index contributed by atoms with van der Waals surface area (Å²) in [6, 6.07) is 9.98. The van der Waals surface area contributed by atoms with Crippen LogP contribution in [0.25, 0.3) is 0 Å². The number of Topliss-reactive ketones (excluding diaryl/α,β-unsaturated/α-hetero) is 1. The van der Waals surface area contributed by atoms with Crippen molar-refractivity contribution < 1.29 is 24.2 Å². The van der Waals surface area contributed by atoms with E-state index in [4.69, 9.17) is 4.74 Å². The van der Waals surface area contributed by atoms with E-state index in [0.717, 1.165) is 24.3 Å². The highest BCUT2D eigenvalue weighted by Crippen LogP contribution is 2.33. The summed E-state index contributed by atoms with van der Waals surface area (Å²) in [5.41, 5.74) is 2.74. The molecule has 0 aliphatic carbocycles. The van der Waals surface area contributed by atoms with Crippen molar-refractivity contribution in [2.45, 2.75) is 40.0 Å². The fourth-order valence-corrected chi connectivity index (χ4v) is 3.27. The summed E-state index contributed by atoms with van der Waals surface area (Å²) in [5, 5.41) is 9.96. The van der Waals surface area contributed by atoms with E-state index in [1.165, 1.54) is 25.3 Å². The zero-order chi connectivity index (χ0) is 22.5. The van der Waals surface area contributed by atoms with Crippen LogP contribution in [0, 0.1) is 0 Å². The molecule has 0 radical (unpaired) electrons. The highest BCUT2D eigenvalue weighted by atomic mass is 16.5. The maximum atomic E-state index is 12.7. The van der Waals surface area contributed by atoms with Gasteiger partial charge in [-0.25, -0.2) is 4.79 Å².